The molecule has 1 heterocycles. The van der Waals surface area contributed by atoms with Gasteiger partial charge < -0.3 is 15.4 Å². The Morgan fingerprint density at radius 1 is 1.25 bits per heavy atom. The molecule has 1 saturated carbocycles. The number of aryl methyl sites for hydroxylation is 1. The lowest BCUT2D eigenvalue weighted by Gasteiger charge is -2.17. The van der Waals surface area contributed by atoms with Crippen molar-refractivity contribution in [3.8, 4) is 5.75 Å². The molecule has 28 heavy (non-hydrogen) atoms. The Morgan fingerprint density at radius 3 is 2.75 bits per heavy atom. The van der Waals surface area contributed by atoms with Crippen LogP contribution in [0.15, 0.2) is 35.5 Å². The molecule has 0 bridgehead atoms. The number of rotatable bonds is 8. The van der Waals surface area contributed by atoms with Crippen molar-refractivity contribution in [2.45, 2.75) is 58.1 Å². The quantitative estimate of drug-likeness (QED) is 0.308. The van der Waals surface area contributed by atoms with E-state index >= 15 is 0 Å². The van der Waals surface area contributed by atoms with Gasteiger partial charge in [-0.2, -0.15) is 0 Å². The molecule has 2 aromatic rings. The molecule has 1 aromatic carbocycles. The zero-order valence-electron chi connectivity index (χ0n) is 16.7. The molecule has 1 aliphatic rings. The molecule has 0 atom stereocenters. The molecule has 1 aromatic heterocycles. The first-order valence-electron chi connectivity index (χ1n) is 9.91. The average Bonchev–Trinajstić information content (AvgIpc) is 3.37. The Bertz CT molecular complexity index is 744. The molecule has 7 heteroatoms. The summed E-state index contributed by atoms with van der Waals surface area (Å²) in [5, 5.41) is 7.94. The zero-order chi connectivity index (χ0) is 18.9. The van der Waals surface area contributed by atoms with E-state index in [2.05, 4.69) is 45.7 Å². The minimum absolute atomic E-state index is 0. The molecule has 0 amide bonds. The summed E-state index contributed by atoms with van der Waals surface area (Å²) in [5.74, 6) is 1.79. The summed E-state index contributed by atoms with van der Waals surface area (Å²) >= 11 is 1.79. The van der Waals surface area contributed by atoms with Gasteiger partial charge in [0.2, 0.25) is 0 Å². The highest BCUT2D eigenvalue weighted by molar-refractivity contribution is 14.0. The number of aliphatic imine (C=N–C) groups is 1. The lowest BCUT2D eigenvalue weighted by Crippen LogP contribution is -2.38. The van der Waals surface area contributed by atoms with Crippen molar-refractivity contribution in [1.29, 1.82) is 0 Å². The first kappa shape index (κ1) is 22.9. The van der Waals surface area contributed by atoms with Gasteiger partial charge in [-0.15, -0.1) is 35.3 Å². The third kappa shape index (κ3) is 6.92. The monoisotopic (exact) mass is 514 g/mol. The van der Waals surface area contributed by atoms with E-state index in [4.69, 9.17) is 4.74 Å². The van der Waals surface area contributed by atoms with Crippen LogP contribution in [0.25, 0.3) is 0 Å². The summed E-state index contributed by atoms with van der Waals surface area (Å²) in [6.45, 7) is 3.67. The number of thiazole rings is 1. The summed E-state index contributed by atoms with van der Waals surface area (Å²) in [5.41, 5.74) is 1.17. The minimum Gasteiger partial charge on any atom is -0.490 e. The van der Waals surface area contributed by atoms with Gasteiger partial charge in [-0.3, -0.25) is 4.99 Å². The van der Waals surface area contributed by atoms with Crippen molar-refractivity contribution in [2.24, 2.45) is 4.99 Å². The van der Waals surface area contributed by atoms with Crippen LogP contribution < -0.4 is 15.4 Å². The molecule has 0 spiro atoms. The molecule has 0 aliphatic heterocycles. The SMILES string of the molecule is CCc1cnc(CCNC(=NC)NCc2ccccc2OC2CCCC2)s1.I. The topological polar surface area (TPSA) is 58.5 Å². The number of halogens is 1. The van der Waals surface area contributed by atoms with Crippen molar-refractivity contribution in [3.05, 3.63) is 45.9 Å². The highest BCUT2D eigenvalue weighted by Crippen LogP contribution is 2.26. The fourth-order valence-corrected chi connectivity index (χ4v) is 4.13. The van der Waals surface area contributed by atoms with Gasteiger partial charge in [0.1, 0.15) is 5.75 Å². The summed E-state index contributed by atoms with van der Waals surface area (Å²) in [6, 6.07) is 8.29. The standard InChI is InChI=1S/C21H30N4OS.HI/c1-3-18-15-24-20(27-18)12-13-23-21(22-2)25-14-16-8-4-7-11-19(16)26-17-9-5-6-10-17;/h4,7-8,11,15,17H,3,5-6,9-10,12-14H2,1-2H3,(H2,22,23,25);1H. The van der Waals surface area contributed by atoms with Crippen LogP contribution in [0.3, 0.4) is 0 Å². The number of hydrogen-bond acceptors (Lipinski definition) is 4. The third-order valence-electron chi connectivity index (χ3n) is 4.82. The summed E-state index contributed by atoms with van der Waals surface area (Å²) in [7, 11) is 1.80. The molecule has 0 radical (unpaired) electrons. The Balaban J connectivity index is 0.00000280. The lowest BCUT2D eigenvalue weighted by atomic mass is 10.2. The second kappa shape index (κ2) is 12.3. The minimum atomic E-state index is 0. The van der Waals surface area contributed by atoms with Gasteiger partial charge in [-0.25, -0.2) is 4.98 Å². The summed E-state index contributed by atoms with van der Waals surface area (Å²) in [6.07, 6.45) is 9.21. The van der Waals surface area contributed by atoms with Gasteiger partial charge >= 0.3 is 0 Å². The van der Waals surface area contributed by atoms with Crippen molar-refractivity contribution in [1.82, 2.24) is 15.6 Å². The average molecular weight is 514 g/mol. The van der Waals surface area contributed by atoms with E-state index in [0.29, 0.717) is 12.6 Å². The van der Waals surface area contributed by atoms with Crippen LogP contribution in [0.1, 0.15) is 48.1 Å². The number of benzene rings is 1. The first-order valence-corrected chi connectivity index (χ1v) is 10.7. The maximum absolute atomic E-state index is 6.22. The first-order chi connectivity index (χ1) is 13.3. The summed E-state index contributed by atoms with van der Waals surface area (Å²) in [4.78, 5) is 10.1. The normalized spacial score (nSPS) is 14.6. The third-order valence-corrected chi connectivity index (χ3v) is 6.02. The number of ether oxygens (including phenoxy) is 1. The van der Waals surface area contributed by atoms with E-state index in [-0.39, 0.29) is 24.0 Å². The van der Waals surface area contributed by atoms with Gasteiger partial charge in [0.05, 0.1) is 11.1 Å². The zero-order valence-corrected chi connectivity index (χ0v) is 19.9. The van der Waals surface area contributed by atoms with Crippen molar-refractivity contribution in [3.63, 3.8) is 0 Å². The van der Waals surface area contributed by atoms with Crippen LogP contribution >= 0.6 is 35.3 Å². The van der Waals surface area contributed by atoms with Gasteiger partial charge in [-0.05, 0) is 38.2 Å². The number of nitrogens with one attached hydrogen (secondary N) is 2. The molecule has 154 valence electrons. The Labute approximate surface area is 189 Å². The Hall–Kier alpha value is -1.35. The number of guanidine groups is 1. The Kier molecular flexibility index (Phi) is 10.0. The van der Waals surface area contributed by atoms with Gasteiger partial charge in [0.15, 0.2) is 5.96 Å². The highest BCUT2D eigenvalue weighted by atomic mass is 127. The molecule has 1 fully saturated rings. The van der Waals surface area contributed by atoms with Gasteiger partial charge in [-0.1, -0.05) is 25.1 Å². The largest absolute Gasteiger partial charge is 0.490 e. The van der Waals surface area contributed by atoms with Gasteiger partial charge in [0, 0.05) is 43.2 Å². The number of nitrogens with zero attached hydrogens (tertiary/aromatic N) is 2. The van der Waals surface area contributed by atoms with E-state index in [1.165, 1.54) is 41.1 Å². The van der Waals surface area contributed by atoms with Crippen molar-refractivity contribution >= 4 is 41.3 Å². The molecule has 1 aliphatic carbocycles. The van der Waals surface area contributed by atoms with Crippen molar-refractivity contribution < 1.29 is 4.74 Å². The van der Waals surface area contributed by atoms with Crippen LogP contribution in [-0.2, 0) is 19.4 Å². The fourth-order valence-electron chi connectivity index (χ4n) is 3.27. The Morgan fingerprint density at radius 2 is 2.04 bits per heavy atom. The smallest absolute Gasteiger partial charge is 0.191 e. The predicted octanol–water partition coefficient (Wildman–Crippen LogP) is 4.55. The maximum atomic E-state index is 6.22. The molecular formula is C21H31IN4OS. The summed E-state index contributed by atoms with van der Waals surface area (Å²) < 4.78 is 6.22. The van der Waals surface area contributed by atoms with E-state index < -0.39 is 0 Å². The molecule has 3 rings (SSSR count). The molecular weight excluding hydrogens is 483 g/mol. The van der Waals surface area contributed by atoms with E-state index in [0.717, 1.165) is 31.1 Å². The van der Waals surface area contributed by atoms with Crippen LogP contribution in [0.5, 0.6) is 5.75 Å². The van der Waals surface area contributed by atoms with E-state index in [9.17, 15) is 0 Å². The molecule has 0 unspecified atom stereocenters. The second-order valence-electron chi connectivity index (χ2n) is 6.81. The fraction of sp³-hybridized carbons (Fsp3) is 0.524. The number of aromatic nitrogens is 1. The van der Waals surface area contributed by atoms with Gasteiger partial charge in [0.25, 0.3) is 0 Å². The van der Waals surface area contributed by atoms with Crippen LogP contribution in [0, 0.1) is 0 Å². The molecule has 0 saturated heterocycles. The maximum Gasteiger partial charge on any atom is 0.191 e. The second-order valence-corrected chi connectivity index (χ2v) is 8.01. The molecule has 2 N–H and O–H groups in total. The lowest BCUT2D eigenvalue weighted by molar-refractivity contribution is 0.208. The van der Waals surface area contributed by atoms with E-state index in [1.807, 2.05) is 12.3 Å². The number of para-hydroxylation sites is 1. The number of hydrogen-bond donors (Lipinski definition) is 2. The highest BCUT2D eigenvalue weighted by Gasteiger charge is 2.17. The van der Waals surface area contributed by atoms with Crippen LogP contribution in [0.2, 0.25) is 0 Å². The predicted molar refractivity (Wildman–Crippen MR) is 128 cm³/mol. The molecule has 5 nitrogen and oxygen atoms in total. The van der Waals surface area contributed by atoms with Crippen LogP contribution in [0.4, 0.5) is 0 Å². The van der Waals surface area contributed by atoms with Crippen LogP contribution in [-0.4, -0.2) is 30.6 Å². The van der Waals surface area contributed by atoms with Crippen molar-refractivity contribution in [2.75, 3.05) is 13.6 Å². The van der Waals surface area contributed by atoms with E-state index in [1.54, 1.807) is 18.4 Å².